The van der Waals surface area contributed by atoms with Gasteiger partial charge in [-0.3, -0.25) is 4.98 Å². The second-order valence-corrected chi connectivity index (χ2v) is 5.60. The van der Waals surface area contributed by atoms with Crippen LogP contribution < -0.4 is 0 Å². The maximum atomic E-state index is 10.0. The van der Waals surface area contributed by atoms with Crippen molar-refractivity contribution in [2.75, 3.05) is 7.05 Å². The highest BCUT2D eigenvalue weighted by molar-refractivity contribution is 5.16. The first-order chi connectivity index (χ1) is 10.3. The van der Waals surface area contributed by atoms with Crippen molar-refractivity contribution in [1.29, 1.82) is 5.26 Å². The molecule has 22 heavy (non-hydrogen) atoms. The summed E-state index contributed by atoms with van der Waals surface area (Å²) in [5, 5.41) is 22.9. The summed E-state index contributed by atoms with van der Waals surface area (Å²) in [5.41, 5.74) is 0.417. The molecule has 1 atom stereocenters. The van der Waals surface area contributed by atoms with Crippen LogP contribution in [0.2, 0.25) is 0 Å². The summed E-state index contributed by atoms with van der Waals surface area (Å²) in [5.74, 6) is 0. The average Bonchev–Trinajstić information content (AvgIpc) is 2.49. The summed E-state index contributed by atoms with van der Waals surface area (Å²) in [6.07, 6.45) is 3.94. The number of pyridine rings is 1. The van der Waals surface area contributed by atoms with Crippen molar-refractivity contribution >= 4 is 0 Å². The fraction of sp³-hybridized carbons (Fsp3) is 0.412. The number of hydrazine groups is 1. The normalized spacial score (nSPS) is 12.5. The van der Waals surface area contributed by atoms with Gasteiger partial charge in [-0.15, -0.1) is 6.58 Å². The first-order valence-corrected chi connectivity index (χ1v) is 7.14. The molecule has 5 heteroatoms. The van der Waals surface area contributed by atoms with Crippen molar-refractivity contribution in [2.24, 2.45) is 0 Å². The molecule has 0 radical (unpaired) electrons. The summed E-state index contributed by atoms with van der Waals surface area (Å²) in [4.78, 5) is 4.48. The zero-order valence-corrected chi connectivity index (χ0v) is 13.5. The second kappa shape index (κ2) is 7.74. The first-order valence-electron chi connectivity index (χ1n) is 7.14. The number of nitriles is 1. The molecule has 0 aliphatic carbocycles. The molecule has 0 fully saturated rings. The second-order valence-electron chi connectivity index (χ2n) is 5.60. The molecule has 1 heterocycles. The molecule has 0 amide bonds. The molecule has 1 aromatic heterocycles. The number of rotatable bonds is 8. The lowest BCUT2D eigenvalue weighted by atomic mass is 10.0. The minimum Gasteiger partial charge on any atom is -0.384 e. The molecule has 5 nitrogen and oxygen atoms in total. The smallest absolute Gasteiger partial charge is 0.119 e. The van der Waals surface area contributed by atoms with Crippen LogP contribution in [0.15, 0.2) is 43.6 Å². The molecule has 0 spiro atoms. The van der Waals surface area contributed by atoms with Crippen LogP contribution in [0.4, 0.5) is 0 Å². The summed E-state index contributed by atoms with van der Waals surface area (Å²) in [6.45, 7) is 11.3. The van der Waals surface area contributed by atoms with Crippen molar-refractivity contribution in [3.05, 3.63) is 55.0 Å². The van der Waals surface area contributed by atoms with E-state index in [1.165, 1.54) is 0 Å². The van der Waals surface area contributed by atoms with Crippen molar-refractivity contribution in [2.45, 2.75) is 38.5 Å². The standard InChI is InChI=1S/C17H24N4O/c1-6-9-15(12-18)20(5)21(7-2)13-14-10-8-11-16(19-14)17(3,4)22/h6-8,10-11,15,22H,1-2,9,13H2,3-5H3. The molecule has 1 rings (SSSR count). The van der Waals surface area contributed by atoms with E-state index in [4.69, 9.17) is 0 Å². The molecule has 1 aromatic rings. The predicted octanol–water partition coefficient (Wildman–Crippen LogP) is 2.57. The van der Waals surface area contributed by atoms with Gasteiger partial charge in [-0.25, -0.2) is 5.01 Å². The first kappa shape index (κ1) is 17.9. The molecular weight excluding hydrogens is 276 g/mol. The molecule has 0 saturated carbocycles. The lowest BCUT2D eigenvalue weighted by molar-refractivity contribution is 0.0191. The third-order valence-corrected chi connectivity index (χ3v) is 3.36. The lowest BCUT2D eigenvalue weighted by Gasteiger charge is -2.33. The van der Waals surface area contributed by atoms with Crippen LogP contribution in [0, 0.1) is 11.3 Å². The van der Waals surface area contributed by atoms with E-state index in [0.717, 1.165) is 5.69 Å². The van der Waals surface area contributed by atoms with Crippen LogP contribution in [-0.2, 0) is 12.1 Å². The largest absolute Gasteiger partial charge is 0.384 e. The molecule has 118 valence electrons. The molecule has 0 saturated heterocycles. The number of hydrogen-bond acceptors (Lipinski definition) is 5. The Balaban J connectivity index is 2.93. The Kier molecular flexibility index (Phi) is 6.29. The topological polar surface area (TPSA) is 63.4 Å². The van der Waals surface area contributed by atoms with E-state index >= 15 is 0 Å². The van der Waals surface area contributed by atoms with Gasteiger partial charge in [0.15, 0.2) is 0 Å². The van der Waals surface area contributed by atoms with Gasteiger partial charge in [0.1, 0.15) is 11.6 Å². The van der Waals surface area contributed by atoms with Gasteiger partial charge in [-0.1, -0.05) is 18.7 Å². The van der Waals surface area contributed by atoms with E-state index in [2.05, 4.69) is 24.2 Å². The van der Waals surface area contributed by atoms with E-state index in [1.807, 2.05) is 29.2 Å². The Hall–Kier alpha value is -2.16. The van der Waals surface area contributed by atoms with Gasteiger partial charge in [0.2, 0.25) is 0 Å². The maximum absolute atomic E-state index is 10.0. The highest BCUT2D eigenvalue weighted by Crippen LogP contribution is 2.18. The maximum Gasteiger partial charge on any atom is 0.119 e. The van der Waals surface area contributed by atoms with Crippen LogP contribution in [0.25, 0.3) is 0 Å². The number of nitrogens with zero attached hydrogens (tertiary/aromatic N) is 4. The Morgan fingerprint density at radius 3 is 2.64 bits per heavy atom. The molecular formula is C17H24N4O. The highest BCUT2D eigenvalue weighted by Gasteiger charge is 2.20. The zero-order valence-electron chi connectivity index (χ0n) is 13.5. The number of hydrogen-bond donors (Lipinski definition) is 1. The summed E-state index contributed by atoms with van der Waals surface area (Å²) in [7, 11) is 1.83. The molecule has 0 aliphatic heterocycles. The molecule has 0 aromatic carbocycles. The highest BCUT2D eigenvalue weighted by atomic mass is 16.3. The summed E-state index contributed by atoms with van der Waals surface area (Å²) in [6, 6.07) is 7.47. The van der Waals surface area contributed by atoms with Crippen molar-refractivity contribution in [3.63, 3.8) is 0 Å². The van der Waals surface area contributed by atoms with Gasteiger partial charge in [0.05, 0.1) is 24.0 Å². The van der Waals surface area contributed by atoms with Gasteiger partial charge in [0, 0.05) is 13.2 Å². The van der Waals surface area contributed by atoms with Crippen LogP contribution >= 0.6 is 0 Å². The number of aromatic nitrogens is 1. The summed E-state index contributed by atoms with van der Waals surface area (Å²) >= 11 is 0. The molecule has 0 aliphatic rings. The zero-order chi connectivity index (χ0) is 16.8. The fourth-order valence-electron chi connectivity index (χ4n) is 2.00. The molecule has 0 bridgehead atoms. The van der Waals surface area contributed by atoms with E-state index < -0.39 is 5.60 Å². The quantitative estimate of drug-likeness (QED) is 0.590. The van der Waals surface area contributed by atoms with Crippen LogP contribution in [0.5, 0.6) is 0 Å². The van der Waals surface area contributed by atoms with E-state index in [0.29, 0.717) is 18.7 Å². The number of aliphatic hydroxyl groups is 1. The summed E-state index contributed by atoms with van der Waals surface area (Å²) < 4.78 is 0. The van der Waals surface area contributed by atoms with Crippen LogP contribution in [0.1, 0.15) is 31.7 Å². The lowest BCUT2D eigenvalue weighted by Crippen LogP contribution is -2.42. The third-order valence-electron chi connectivity index (χ3n) is 3.36. The third kappa shape index (κ3) is 4.69. The van der Waals surface area contributed by atoms with E-state index in [-0.39, 0.29) is 6.04 Å². The van der Waals surface area contributed by atoms with Crippen LogP contribution in [-0.4, -0.2) is 33.2 Å². The van der Waals surface area contributed by atoms with E-state index in [9.17, 15) is 10.4 Å². The monoisotopic (exact) mass is 300 g/mol. The van der Waals surface area contributed by atoms with Gasteiger partial charge < -0.3 is 10.1 Å². The van der Waals surface area contributed by atoms with E-state index in [1.54, 1.807) is 32.2 Å². The Labute approximate surface area is 132 Å². The van der Waals surface area contributed by atoms with Gasteiger partial charge in [-0.2, -0.15) is 5.26 Å². The average molecular weight is 300 g/mol. The van der Waals surface area contributed by atoms with Gasteiger partial charge in [-0.05, 0) is 32.4 Å². The van der Waals surface area contributed by atoms with Gasteiger partial charge in [0.25, 0.3) is 0 Å². The Morgan fingerprint density at radius 1 is 1.45 bits per heavy atom. The van der Waals surface area contributed by atoms with Crippen LogP contribution in [0.3, 0.4) is 0 Å². The Morgan fingerprint density at radius 2 is 2.14 bits per heavy atom. The minimum atomic E-state index is -0.987. The Bertz CT molecular complexity index is 557. The van der Waals surface area contributed by atoms with Crippen molar-refractivity contribution in [3.8, 4) is 6.07 Å². The predicted molar refractivity (Wildman–Crippen MR) is 87.2 cm³/mol. The van der Waals surface area contributed by atoms with Crippen molar-refractivity contribution in [1.82, 2.24) is 15.0 Å². The molecule has 1 unspecified atom stereocenters. The van der Waals surface area contributed by atoms with Gasteiger partial charge >= 0.3 is 0 Å². The molecule has 1 N–H and O–H groups in total. The van der Waals surface area contributed by atoms with Crippen molar-refractivity contribution < 1.29 is 5.11 Å². The minimum absolute atomic E-state index is 0.312. The fourth-order valence-corrected chi connectivity index (χ4v) is 2.00. The SMILES string of the molecule is C=CCC(C#N)N(C)N(C=C)Cc1cccc(C(C)(C)O)n1.